The average Bonchev–Trinajstić information content (AvgIpc) is 2.15. The zero-order valence-electron chi connectivity index (χ0n) is 9.99. The van der Waals surface area contributed by atoms with Gasteiger partial charge in [-0.2, -0.15) is 0 Å². The predicted molar refractivity (Wildman–Crippen MR) is 67.7 cm³/mol. The fourth-order valence-corrected chi connectivity index (χ4v) is 2.27. The molecule has 2 nitrogen and oxygen atoms in total. The Hall–Kier alpha value is -0.540. The van der Waals surface area contributed by atoms with Gasteiger partial charge in [0.25, 0.3) is 9.05 Å². The van der Waals surface area contributed by atoms with E-state index in [-0.39, 0.29) is 16.7 Å². The second-order valence-corrected chi connectivity index (χ2v) is 7.15. The molecule has 1 aromatic rings. The summed E-state index contributed by atoms with van der Waals surface area (Å²) < 4.78 is 22.7. The van der Waals surface area contributed by atoms with Crippen LogP contribution in [-0.2, 0) is 9.05 Å². The third kappa shape index (κ3) is 3.22. The molecule has 0 aliphatic carbocycles. The lowest BCUT2D eigenvalue weighted by Gasteiger charge is -2.12. The fourth-order valence-electron chi connectivity index (χ4n) is 1.45. The highest BCUT2D eigenvalue weighted by atomic mass is 35.7. The third-order valence-electron chi connectivity index (χ3n) is 2.57. The summed E-state index contributed by atoms with van der Waals surface area (Å²) in [6.07, 6.45) is 0. The van der Waals surface area contributed by atoms with Gasteiger partial charge in [0.2, 0.25) is 0 Å². The zero-order valence-corrected chi connectivity index (χ0v) is 11.6. The van der Waals surface area contributed by atoms with Crippen LogP contribution in [-0.4, -0.2) is 8.42 Å². The Kier molecular flexibility index (Phi) is 4.02. The van der Waals surface area contributed by atoms with Gasteiger partial charge in [0.15, 0.2) is 0 Å². The molecule has 0 unspecified atom stereocenters. The first-order valence-electron chi connectivity index (χ1n) is 5.31. The summed E-state index contributed by atoms with van der Waals surface area (Å²) in [6.45, 7) is 8.13. The minimum atomic E-state index is -3.64. The summed E-state index contributed by atoms with van der Waals surface area (Å²) in [7, 11) is 1.74. The Balaban J connectivity index is 3.42. The van der Waals surface area contributed by atoms with Crippen molar-refractivity contribution in [3.8, 4) is 0 Å². The van der Waals surface area contributed by atoms with Gasteiger partial charge in [-0.15, -0.1) is 0 Å². The minimum Gasteiger partial charge on any atom is -0.207 e. The first kappa shape index (κ1) is 13.5. The molecule has 16 heavy (non-hydrogen) atoms. The standard InChI is InChI=1S/C12H17ClO2S/c1-8(2)10-5-11(9(3)4)7-12(6-10)16(13,14)15/h5-9H,1-4H3. The van der Waals surface area contributed by atoms with Gasteiger partial charge in [0, 0.05) is 10.7 Å². The molecule has 0 saturated carbocycles. The molecule has 0 heterocycles. The van der Waals surface area contributed by atoms with Crippen LogP contribution in [0.25, 0.3) is 0 Å². The maximum absolute atomic E-state index is 11.3. The van der Waals surface area contributed by atoms with Crippen LogP contribution >= 0.6 is 10.7 Å². The first-order chi connectivity index (χ1) is 7.21. The van der Waals surface area contributed by atoms with Crippen molar-refractivity contribution in [2.75, 3.05) is 0 Å². The molecular formula is C12H17ClO2S. The molecule has 0 spiro atoms. The highest BCUT2D eigenvalue weighted by Gasteiger charge is 2.14. The van der Waals surface area contributed by atoms with E-state index in [1.807, 2.05) is 33.8 Å². The van der Waals surface area contributed by atoms with Gasteiger partial charge in [0.05, 0.1) is 4.90 Å². The molecule has 0 N–H and O–H groups in total. The molecule has 0 atom stereocenters. The van der Waals surface area contributed by atoms with Crippen LogP contribution in [0.1, 0.15) is 50.7 Å². The largest absolute Gasteiger partial charge is 0.261 e. The summed E-state index contributed by atoms with van der Waals surface area (Å²) in [5, 5.41) is 0. The summed E-state index contributed by atoms with van der Waals surface area (Å²) >= 11 is 0. The number of hydrogen-bond acceptors (Lipinski definition) is 2. The van der Waals surface area contributed by atoms with Crippen LogP contribution in [0.4, 0.5) is 0 Å². The number of rotatable bonds is 3. The van der Waals surface area contributed by atoms with E-state index in [9.17, 15) is 8.42 Å². The Morgan fingerprint density at radius 3 is 1.56 bits per heavy atom. The lowest BCUT2D eigenvalue weighted by atomic mass is 9.96. The van der Waals surface area contributed by atoms with Crippen LogP contribution in [0.3, 0.4) is 0 Å². The lowest BCUT2D eigenvalue weighted by Crippen LogP contribution is -1.99. The Morgan fingerprint density at radius 2 is 1.31 bits per heavy atom. The first-order valence-corrected chi connectivity index (χ1v) is 7.62. The van der Waals surface area contributed by atoms with Gasteiger partial charge in [-0.1, -0.05) is 33.8 Å². The summed E-state index contributed by atoms with van der Waals surface area (Å²) in [6, 6.07) is 5.35. The fraction of sp³-hybridized carbons (Fsp3) is 0.500. The van der Waals surface area contributed by atoms with Crippen LogP contribution in [0.15, 0.2) is 23.1 Å². The molecule has 0 aliphatic rings. The summed E-state index contributed by atoms with van der Waals surface area (Å²) in [4.78, 5) is 0.198. The van der Waals surface area contributed by atoms with Crippen molar-refractivity contribution in [1.82, 2.24) is 0 Å². The number of halogens is 1. The summed E-state index contributed by atoms with van der Waals surface area (Å²) in [5.41, 5.74) is 2.01. The molecule has 0 aliphatic heterocycles. The summed E-state index contributed by atoms with van der Waals surface area (Å²) in [5.74, 6) is 0.576. The Labute approximate surface area is 102 Å². The molecule has 0 aromatic heterocycles. The Morgan fingerprint density at radius 1 is 0.938 bits per heavy atom. The van der Waals surface area contributed by atoms with Crippen molar-refractivity contribution >= 4 is 19.7 Å². The molecule has 0 fully saturated rings. The van der Waals surface area contributed by atoms with Gasteiger partial charge < -0.3 is 0 Å². The molecule has 1 rings (SSSR count). The molecular weight excluding hydrogens is 244 g/mol. The highest BCUT2D eigenvalue weighted by Crippen LogP contribution is 2.27. The SMILES string of the molecule is CC(C)c1cc(C(C)C)cc(S(=O)(=O)Cl)c1. The van der Waals surface area contributed by atoms with Crippen molar-refractivity contribution < 1.29 is 8.42 Å². The topological polar surface area (TPSA) is 34.1 Å². The van der Waals surface area contributed by atoms with E-state index in [1.54, 1.807) is 12.1 Å². The predicted octanol–water partition coefficient (Wildman–Crippen LogP) is 3.86. The van der Waals surface area contributed by atoms with Crippen molar-refractivity contribution in [1.29, 1.82) is 0 Å². The van der Waals surface area contributed by atoms with Gasteiger partial charge >= 0.3 is 0 Å². The van der Waals surface area contributed by atoms with Crippen molar-refractivity contribution in [2.45, 2.75) is 44.4 Å². The lowest BCUT2D eigenvalue weighted by molar-refractivity contribution is 0.609. The second-order valence-electron chi connectivity index (χ2n) is 4.58. The number of benzene rings is 1. The van der Waals surface area contributed by atoms with E-state index >= 15 is 0 Å². The molecule has 1 aromatic carbocycles. The molecule has 0 amide bonds. The normalized spacial score (nSPS) is 12.4. The molecule has 0 radical (unpaired) electrons. The maximum Gasteiger partial charge on any atom is 0.261 e. The maximum atomic E-state index is 11.3. The highest BCUT2D eigenvalue weighted by molar-refractivity contribution is 8.13. The van der Waals surface area contributed by atoms with Crippen molar-refractivity contribution in [3.05, 3.63) is 29.3 Å². The molecule has 90 valence electrons. The van der Waals surface area contributed by atoms with Crippen LogP contribution in [0.5, 0.6) is 0 Å². The second kappa shape index (κ2) is 4.76. The Bertz CT molecular complexity index is 450. The third-order valence-corrected chi connectivity index (χ3v) is 3.90. The van der Waals surface area contributed by atoms with E-state index < -0.39 is 9.05 Å². The monoisotopic (exact) mass is 260 g/mol. The van der Waals surface area contributed by atoms with Gasteiger partial charge in [0.1, 0.15) is 0 Å². The van der Waals surface area contributed by atoms with Crippen molar-refractivity contribution in [3.63, 3.8) is 0 Å². The van der Waals surface area contributed by atoms with Crippen LogP contribution in [0.2, 0.25) is 0 Å². The van der Waals surface area contributed by atoms with Crippen molar-refractivity contribution in [2.24, 2.45) is 0 Å². The van der Waals surface area contributed by atoms with E-state index in [4.69, 9.17) is 10.7 Å². The molecule has 4 heteroatoms. The van der Waals surface area contributed by atoms with Gasteiger partial charge in [-0.25, -0.2) is 8.42 Å². The van der Waals surface area contributed by atoms with E-state index in [0.29, 0.717) is 0 Å². The van der Waals surface area contributed by atoms with Gasteiger partial charge in [-0.05, 0) is 35.1 Å². The smallest absolute Gasteiger partial charge is 0.207 e. The number of hydrogen-bond donors (Lipinski definition) is 0. The van der Waals surface area contributed by atoms with Crippen LogP contribution < -0.4 is 0 Å². The van der Waals surface area contributed by atoms with E-state index in [2.05, 4.69) is 0 Å². The minimum absolute atomic E-state index is 0.198. The van der Waals surface area contributed by atoms with Crippen LogP contribution in [0, 0.1) is 0 Å². The average molecular weight is 261 g/mol. The van der Waals surface area contributed by atoms with Gasteiger partial charge in [-0.3, -0.25) is 0 Å². The zero-order chi connectivity index (χ0) is 12.5. The molecule has 0 bridgehead atoms. The quantitative estimate of drug-likeness (QED) is 0.774. The molecule has 0 saturated heterocycles. The van der Waals surface area contributed by atoms with E-state index in [0.717, 1.165) is 11.1 Å². The van der Waals surface area contributed by atoms with E-state index in [1.165, 1.54) is 0 Å².